The summed E-state index contributed by atoms with van der Waals surface area (Å²) in [5.74, 6) is 0. The molecule has 0 aliphatic heterocycles. The van der Waals surface area contributed by atoms with Crippen LogP contribution in [0.4, 0.5) is 13.2 Å². The summed E-state index contributed by atoms with van der Waals surface area (Å²) < 4.78 is 40.1. The fraction of sp³-hybridized carbons (Fsp3) is 1.00. The maximum absolute atomic E-state index is 11.8. The van der Waals surface area contributed by atoms with Crippen molar-refractivity contribution in [1.29, 1.82) is 0 Å². The third-order valence-corrected chi connectivity index (χ3v) is 3.61. The molecule has 0 saturated heterocycles. The van der Waals surface area contributed by atoms with Crippen molar-refractivity contribution >= 4 is 0 Å². The van der Waals surface area contributed by atoms with E-state index in [1.165, 1.54) is 19.3 Å². The molecule has 1 rings (SSSR count). The monoisotopic (exact) mass is 253 g/mol. The molecule has 102 valence electrons. The first-order valence-corrected chi connectivity index (χ1v) is 6.32. The molecule has 0 heterocycles. The summed E-state index contributed by atoms with van der Waals surface area (Å²) >= 11 is 0. The van der Waals surface area contributed by atoms with E-state index in [1.807, 2.05) is 0 Å². The van der Waals surface area contributed by atoms with Gasteiger partial charge in [-0.15, -0.1) is 0 Å². The topological polar surface area (TPSA) is 35.2 Å². The Morgan fingerprint density at radius 3 is 2.29 bits per heavy atom. The first-order chi connectivity index (χ1) is 7.97. The average molecular weight is 253 g/mol. The Balaban J connectivity index is 2.15. The summed E-state index contributed by atoms with van der Waals surface area (Å²) in [7, 11) is 0. The minimum atomic E-state index is -4.21. The molecule has 0 bridgehead atoms. The molecule has 2 nitrogen and oxygen atoms in total. The first kappa shape index (κ1) is 14.8. The normalized spacial score (nSPS) is 20.5. The molecular weight excluding hydrogens is 231 g/mol. The molecule has 2 N–H and O–H groups in total. The molecule has 5 heteroatoms. The van der Waals surface area contributed by atoms with Crippen molar-refractivity contribution in [1.82, 2.24) is 0 Å². The van der Waals surface area contributed by atoms with Crippen molar-refractivity contribution in [3.8, 4) is 0 Å². The Labute approximate surface area is 101 Å². The summed E-state index contributed by atoms with van der Waals surface area (Å²) in [6.45, 7) is -0.309. The second-order valence-corrected chi connectivity index (χ2v) is 5.04. The van der Waals surface area contributed by atoms with Crippen LogP contribution in [0.5, 0.6) is 0 Å². The van der Waals surface area contributed by atoms with Gasteiger partial charge in [-0.3, -0.25) is 0 Å². The second-order valence-electron chi connectivity index (χ2n) is 5.04. The molecule has 0 amide bonds. The van der Waals surface area contributed by atoms with Gasteiger partial charge < -0.3 is 10.5 Å². The molecule has 0 radical (unpaired) electrons. The number of ether oxygens (including phenoxy) is 1. The van der Waals surface area contributed by atoms with Crippen molar-refractivity contribution < 1.29 is 17.9 Å². The van der Waals surface area contributed by atoms with Crippen molar-refractivity contribution in [2.24, 2.45) is 11.1 Å². The van der Waals surface area contributed by atoms with Gasteiger partial charge in [-0.05, 0) is 37.6 Å². The lowest BCUT2D eigenvalue weighted by Crippen LogP contribution is -2.33. The fourth-order valence-electron chi connectivity index (χ4n) is 2.60. The lowest BCUT2D eigenvalue weighted by Gasteiger charge is -2.36. The second kappa shape index (κ2) is 6.59. The Bertz CT molecular complexity index is 212. The maximum Gasteiger partial charge on any atom is 0.411 e. The lowest BCUT2D eigenvalue weighted by atomic mass is 9.71. The smallest absolute Gasteiger partial charge is 0.372 e. The molecule has 0 aromatic rings. The Morgan fingerprint density at radius 2 is 1.76 bits per heavy atom. The zero-order valence-electron chi connectivity index (χ0n) is 10.2. The highest BCUT2D eigenvalue weighted by molar-refractivity contribution is 4.83. The van der Waals surface area contributed by atoms with Crippen LogP contribution in [-0.4, -0.2) is 25.9 Å². The van der Waals surface area contributed by atoms with Crippen molar-refractivity contribution in [2.75, 3.05) is 19.8 Å². The Hall–Kier alpha value is -0.290. The number of alkyl halides is 3. The predicted molar refractivity (Wildman–Crippen MR) is 60.7 cm³/mol. The van der Waals surface area contributed by atoms with E-state index in [0.717, 1.165) is 19.3 Å². The van der Waals surface area contributed by atoms with E-state index in [4.69, 9.17) is 5.73 Å². The van der Waals surface area contributed by atoms with E-state index in [1.54, 1.807) is 0 Å². The zero-order chi connectivity index (χ0) is 12.8. The zero-order valence-corrected chi connectivity index (χ0v) is 10.2. The molecule has 1 aliphatic carbocycles. The number of nitrogens with two attached hydrogens (primary N) is 1. The van der Waals surface area contributed by atoms with Crippen LogP contribution in [0.3, 0.4) is 0 Å². The summed E-state index contributed by atoms with van der Waals surface area (Å²) in [6.07, 6.45) is 3.23. The minimum absolute atomic E-state index is 0.167. The van der Waals surface area contributed by atoms with Gasteiger partial charge in [0, 0.05) is 6.61 Å². The Morgan fingerprint density at radius 1 is 1.12 bits per heavy atom. The molecule has 0 atom stereocenters. The SMILES string of the molecule is NCC1(CCCOCC(F)(F)F)CCCCC1. The summed E-state index contributed by atoms with van der Waals surface area (Å²) in [5, 5.41) is 0. The van der Waals surface area contributed by atoms with E-state index in [2.05, 4.69) is 4.74 Å². The summed E-state index contributed by atoms with van der Waals surface area (Å²) in [6, 6.07) is 0. The van der Waals surface area contributed by atoms with Gasteiger partial charge in [-0.2, -0.15) is 13.2 Å². The van der Waals surface area contributed by atoms with E-state index < -0.39 is 12.8 Å². The molecule has 1 saturated carbocycles. The summed E-state index contributed by atoms with van der Waals surface area (Å²) in [4.78, 5) is 0. The molecule has 0 aromatic carbocycles. The van der Waals surface area contributed by atoms with Gasteiger partial charge in [-0.1, -0.05) is 19.3 Å². The van der Waals surface area contributed by atoms with E-state index in [-0.39, 0.29) is 12.0 Å². The van der Waals surface area contributed by atoms with Gasteiger partial charge in [0.15, 0.2) is 0 Å². The third kappa shape index (κ3) is 5.73. The molecule has 0 aromatic heterocycles. The minimum Gasteiger partial charge on any atom is -0.372 e. The van der Waals surface area contributed by atoms with Crippen molar-refractivity contribution in [3.63, 3.8) is 0 Å². The van der Waals surface area contributed by atoms with Crippen LogP contribution in [-0.2, 0) is 4.74 Å². The van der Waals surface area contributed by atoms with Gasteiger partial charge in [0.25, 0.3) is 0 Å². The predicted octanol–water partition coefficient (Wildman–Crippen LogP) is 3.25. The van der Waals surface area contributed by atoms with Crippen LogP contribution in [0.2, 0.25) is 0 Å². The first-order valence-electron chi connectivity index (χ1n) is 6.32. The van der Waals surface area contributed by atoms with Crippen LogP contribution >= 0.6 is 0 Å². The van der Waals surface area contributed by atoms with Crippen LogP contribution in [0.1, 0.15) is 44.9 Å². The van der Waals surface area contributed by atoms with E-state index in [0.29, 0.717) is 13.0 Å². The highest BCUT2D eigenvalue weighted by Gasteiger charge is 2.30. The quantitative estimate of drug-likeness (QED) is 0.737. The van der Waals surface area contributed by atoms with Gasteiger partial charge in [0.2, 0.25) is 0 Å². The van der Waals surface area contributed by atoms with Crippen LogP contribution in [0.15, 0.2) is 0 Å². The average Bonchev–Trinajstić information content (AvgIpc) is 2.28. The number of hydrogen-bond donors (Lipinski definition) is 1. The third-order valence-electron chi connectivity index (χ3n) is 3.61. The number of halogens is 3. The molecule has 1 fully saturated rings. The summed E-state index contributed by atoms with van der Waals surface area (Å²) in [5.41, 5.74) is 5.97. The highest BCUT2D eigenvalue weighted by atomic mass is 19.4. The number of rotatable bonds is 6. The molecule has 17 heavy (non-hydrogen) atoms. The lowest BCUT2D eigenvalue weighted by molar-refractivity contribution is -0.174. The van der Waals surface area contributed by atoms with Crippen LogP contribution in [0, 0.1) is 5.41 Å². The molecule has 0 spiro atoms. The molecular formula is C12H22F3NO. The van der Waals surface area contributed by atoms with Gasteiger partial charge in [0.05, 0.1) is 0 Å². The van der Waals surface area contributed by atoms with Gasteiger partial charge >= 0.3 is 6.18 Å². The fourth-order valence-corrected chi connectivity index (χ4v) is 2.60. The van der Waals surface area contributed by atoms with Gasteiger partial charge in [-0.25, -0.2) is 0 Å². The van der Waals surface area contributed by atoms with Gasteiger partial charge in [0.1, 0.15) is 6.61 Å². The van der Waals surface area contributed by atoms with E-state index >= 15 is 0 Å². The van der Waals surface area contributed by atoms with Crippen LogP contribution in [0.25, 0.3) is 0 Å². The molecule has 1 aliphatic rings. The highest BCUT2D eigenvalue weighted by Crippen LogP contribution is 2.39. The number of hydrogen-bond acceptors (Lipinski definition) is 2. The van der Waals surface area contributed by atoms with Crippen molar-refractivity contribution in [2.45, 2.75) is 51.1 Å². The van der Waals surface area contributed by atoms with E-state index in [9.17, 15) is 13.2 Å². The maximum atomic E-state index is 11.8. The Kier molecular flexibility index (Phi) is 5.73. The molecule has 0 unspecified atom stereocenters. The standard InChI is InChI=1S/C12H22F3NO/c13-12(14,15)10-17-8-4-7-11(9-16)5-2-1-3-6-11/h1-10,16H2. The van der Waals surface area contributed by atoms with Crippen molar-refractivity contribution in [3.05, 3.63) is 0 Å². The largest absolute Gasteiger partial charge is 0.411 e. The van der Waals surface area contributed by atoms with Crippen LogP contribution < -0.4 is 5.73 Å².